The maximum absolute atomic E-state index is 12.7. The summed E-state index contributed by atoms with van der Waals surface area (Å²) in [6, 6.07) is 7.59. The fourth-order valence-electron chi connectivity index (χ4n) is 1.43. The monoisotopic (exact) mass is 282 g/mol. The predicted molar refractivity (Wildman–Crippen MR) is 70.9 cm³/mol. The van der Waals surface area contributed by atoms with Gasteiger partial charge in [0.25, 0.3) is 6.43 Å². The number of hydrogen-bond donors (Lipinski definition) is 0. The Hall–Kier alpha value is -1.76. The zero-order chi connectivity index (χ0) is 13.8. The highest BCUT2D eigenvalue weighted by atomic mass is 32.2. The van der Waals surface area contributed by atoms with Crippen molar-refractivity contribution in [1.29, 1.82) is 0 Å². The molecule has 4 nitrogen and oxygen atoms in total. The van der Waals surface area contributed by atoms with Crippen LogP contribution in [0.1, 0.15) is 23.4 Å². The Balaban J connectivity index is 2.31. The molecule has 2 aromatic rings. The highest BCUT2D eigenvalue weighted by molar-refractivity contribution is 7.98. The summed E-state index contributed by atoms with van der Waals surface area (Å²) in [6.45, 7) is 1.97. The molecule has 0 bridgehead atoms. The Morgan fingerprint density at radius 3 is 2.53 bits per heavy atom. The minimum Gasteiger partial charge on any atom is -0.201 e. The van der Waals surface area contributed by atoms with E-state index in [1.165, 1.54) is 18.0 Å². The molecule has 1 heterocycles. The molecule has 1 aromatic carbocycles. The van der Waals surface area contributed by atoms with E-state index in [0.29, 0.717) is 5.16 Å². The van der Waals surface area contributed by atoms with Gasteiger partial charge in [0.1, 0.15) is 0 Å². The average Bonchev–Trinajstić information content (AvgIpc) is 2.81. The molecule has 0 saturated carbocycles. The zero-order valence-electron chi connectivity index (χ0n) is 10.4. The first kappa shape index (κ1) is 13.7. The van der Waals surface area contributed by atoms with Crippen molar-refractivity contribution >= 4 is 18.0 Å². The van der Waals surface area contributed by atoms with Gasteiger partial charge in [-0.3, -0.25) is 0 Å². The summed E-state index contributed by atoms with van der Waals surface area (Å²) in [6.07, 6.45) is 0.537. The van der Waals surface area contributed by atoms with Gasteiger partial charge in [-0.05, 0) is 18.7 Å². The first-order valence-electron chi connectivity index (χ1n) is 5.50. The van der Waals surface area contributed by atoms with E-state index >= 15 is 0 Å². The van der Waals surface area contributed by atoms with Gasteiger partial charge in [-0.1, -0.05) is 41.6 Å². The van der Waals surface area contributed by atoms with Crippen LogP contribution in [0.5, 0.6) is 0 Å². The fraction of sp³-hybridized carbons (Fsp3) is 0.250. The standard InChI is InChI=1S/C12H12F2N4S/c1-8-3-5-9(6-4-8)7-15-18-11(10(13)14)16-17-12(18)19-2/h3-7,10H,1-2H3. The Labute approximate surface area is 113 Å². The molecule has 0 amide bonds. The number of nitrogens with zero attached hydrogens (tertiary/aromatic N) is 4. The van der Waals surface area contributed by atoms with Gasteiger partial charge in [-0.25, -0.2) is 8.78 Å². The van der Waals surface area contributed by atoms with Crippen LogP contribution in [0.2, 0.25) is 0 Å². The van der Waals surface area contributed by atoms with Crippen LogP contribution in [0.3, 0.4) is 0 Å². The minimum absolute atomic E-state index is 0.332. The molecule has 0 radical (unpaired) electrons. The summed E-state index contributed by atoms with van der Waals surface area (Å²) < 4.78 is 26.6. The molecule has 0 N–H and O–H groups in total. The minimum atomic E-state index is -2.71. The van der Waals surface area contributed by atoms with E-state index in [0.717, 1.165) is 15.8 Å². The molecule has 0 unspecified atom stereocenters. The van der Waals surface area contributed by atoms with Crippen LogP contribution >= 0.6 is 11.8 Å². The molecule has 1 aromatic heterocycles. The molecule has 0 atom stereocenters. The van der Waals surface area contributed by atoms with Crippen LogP contribution in [0.15, 0.2) is 34.5 Å². The number of hydrogen-bond acceptors (Lipinski definition) is 4. The van der Waals surface area contributed by atoms with Gasteiger partial charge in [0, 0.05) is 0 Å². The van der Waals surface area contributed by atoms with Crippen LogP contribution in [0, 0.1) is 6.92 Å². The van der Waals surface area contributed by atoms with E-state index in [1.807, 2.05) is 31.2 Å². The summed E-state index contributed by atoms with van der Waals surface area (Å²) in [4.78, 5) is 0. The smallest absolute Gasteiger partial charge is 0.201 e. The second-order valence-corrected chi connectivity index (χ2v) is 4.59. The second-order valence-electron chi connectivity index (χ2n) is 3.81. The summed E-state index contributed by atoms with van der Waals surface area (Å²) in [5, 5.41) is 11.5. The van der Waals surface area contributed by atoms with Crippen molar-refractivity contribution in [2.75, 3.05) is 6.26 Å². The van der Waals surface area contributed by atoms with Crippen molar-refractivity contribution < 1.29 is 8.78 Å². The SMILES string of the molecule is CSc1nnc(C(F)F)n1N=Cc1ccc(C)cc1. The molecular formula is C12H12F2N4S. The molecule has 0 fully saturated rings. The van der Waals surface area contributed by atoms with Crippen molar-refractivity contribution in [1.82, 2.24) is 14.9 Å². The second kappa shape index (κ2) is 5.92. The normalized spacial score (nSPS) is 11.6. The molecule has 0 spiro atoms. The Kier molecular flexibility index (Phi) is 4.26. The van der Waals surface area contributed by atoms with E-state index in [4.69, 9.17) is 0 Å². The lowest BCUT2D eigenvalue weighted by Gasteiger charge is -2.01. The number of thioether (sulfide) groups is 1. The molecule has 0 aliphatic heterocycles. The summed E-state index contributed by atoms with van der Waals surface area (Å²) in [5.74, 6) is -0.451. The van der Waals surface area contributed by atoms with Gasteiger partial charge >= 0.3 is 0 Å². The maximum atomic E-state index is 12.7. The quantitative estimate of drug-likeness (QED) is 0.639. The number of alkyl halides is 2. The summed E-state index contributed by atoms with van der Waals surface area (Å²) in [7, 11) is 0. The number of halogens is 2. The number of rotatable bonds is 4. The Morgan fingerprint density at radius 2 is 1.95 bits per heavy atom. The van der Waals surface area contributed by atoms with Crippen molar-refractivity contribution in [2.45, 2.75) is 18.5 Å². The zero-order valence-corrected chi connectivity index (χ0v) is 11.2. The first-order chi connectivity index (χ1) is 9.11. The van der Waals surface area contributed by atoms with Crippen LogP contribution in [-0.2, 0) is 0 Å². The van der Waals surface area contributed by atoms with Crippen molar-refractivity contribution in [2.24, 2.45) is 5.10 Å². The van der Waals surface area contributed by atoms with Crippen molar-refractivity contribution in [3.8, 4) is 0 Å². The van der Waals surface area contributed by atoms with E-state index in [-0.39, 0.29) is 0 Å². The predicted octanol–water partition coefficient (Wildman–Crippen LogP) is 3.13. The molecule has 0 aliphatic rings. The molecule has 7 heteroatoms. The van der Waals surface area contributed by atoms with Crippen LogP contribution in [-0.4, -0.2) is 27.3 Å². The Morgan fingerprint density at radius 1 is 1.26 bits per heavy atom. The Bertz CT molecular complexity index is 578. The third kappa shape index (κ3) is 3.17. The lowest BCUT2D eigenvalue weighted by atomic mass is 10.2. The lowest BCUT2D eigenvalue weighted by molar-refractivity contribution is 0.135. The van der Waals surface area contributed by atoms with Gasteiger partial charge in [-0.15, -0.1) is 10.2 Å². The first-order valence-corrected chi connectivity index (χ1v) is 6.72. The van der Waals surface area contributed by atoms with Gasteiger partial charge in [-0.2, -0.15) is 9.78 Å². The van der Waals surface area contributed by atoms with Gasteiger partial charge in [0.15, 0.2) is 0 Å². The van der Waals surface area contributed by atoms with Gasteiger partial charge in [0.05, 0.1) is 6.21 Å². The van der Waals surface area contributed by atoms with E-state index < -0.39 is 12.2 Å². The van der Waals surface area contributed by atoms with E-state index in [2.05, 4.69) is 15.3 Å². The van der Waals surface area contributed by atoms with Crippen LogP contribution in [0.25, 0.3) is 0 Å². The van der Waals surface area contributed by atoms with E-state index in [1.54, 1.807) is 6.26 Å². The summed E-state index contributed by atoms with van der Waals surface area (Å²) in [5.41, 5.74) is 1.95. The number of aryl methyl sites for hydroxylation is 1. The third-order valence-electron chi connectivity index (χ3n) is 2.41. The highest BCUT2D eigenvalue weighted by Gasteiger charge is 2.19. The molecular weight excluding hydrogens is 270 g/mol. The molecule has 0 aliphatic carbocycles. The average molecular weight is 282 g/mol. The third-order valence-corrected chi connectivity index (χ3v) is 3.03. The number of aromatic nitrogens is 3. The molecule has 2 rings (SSSR count). The van der Waals surface area contributed by atoms with Gasteiger partial charge < -0.3 is 0 Å². The van der Waals surface area contributed by atoms with Crippen molar-refractivity contribution in [3.63, 3.8) is 0 Å². The van der Waals surface area contributed by atoms with Gasteiger partial charge in [0.2, 0.25) is 11.0 Å². The fourth-order valence-corrected chi connectivity index (χ4v) is 1.86. The van der Waals surface area contributed by atoms with Crippen LogP contribution in [0.4, 0.5) is 8.78 Å². The summed E-state index contributed by atoms with van der Waals surface area (Å²) >= 11 is 1.21. The van der Waals surface area contributed by atoms with Crippen LogP contribution < -0.4 is 0 Å². The lowest BCUT2D eigenvalue weighted by Crippen LogP contribution is -2.00. The molecule has 0 saturated heterocycles. The number of benzene rings is 1. The highest BCUT2D eigenvalue weighted by Crippen LogP contribution is 2.21. The maximum Gasteiger partial charge on any atom is 0.299 e. The molecule has 100 valence electrons. The molecule has 19 heavy (non-hydrogen) atoms. The topological polar surface area (TPSA) is 43.1 Å². The largest absolute Gasteiger partial charge is 0.299 e. The van der Waals surface area contributed by atoms with Crippen molar-refractivity contribution in [3.05, 3.63) is 41.2 Å². The van der Waals surface area contributed by atoms with E-state index in [9.17, 15) is 8.78 Å².